The summed E-state index contributed by atoms with van der Waals surface area (Å²) < 4.78 is 38.7. The minimum absolute atomic E-state index is 0.0763. The molecule has 158 valence electrons. The van der Waals surface area contributed by atoms with E-state index < -0.39 is 21.8 Å². The predicted molar refractivity (Wildman–Crippen MR) is 109 cm³/mol. The molecule has 0 atom stereocenters. The summed E-state index contributed by atoms with van der Waals surface area (Å²) in [7, 11) is -3.89. The molecule has 8 heteroatoms. The van der Waals surface area contributed by atoms with E-state index in [9.17, 15) is 13.2 Å². The zero-order valence-electron chi connectivity index (χ0n) is 17.1. The van der Waals surface area contributed by atoms with Crippen LogP contribution in [0.1, 0.15) is 37.5 Å². The predicted octanol–water partition coefficient (Wildman–Crippen LogP) is 4.03. The van der Waals surface area contributed by atoms with Crippen LogP contribution in [0.15, 0.2) is 54.6 Å². The van der Waals surface area contributed by atoms with Gasteiger partial charge < -0.3 is 9.47 Å². The summed E-state index contributed by atoms with van der Waals surface area (Å²) in [6.45, 7) is 5.93. The van der Waals surface area contributed by atoms with Gasteiger partial charge in [-0.15, -0.1) is 4.28 Å². The topological polar surface area (TPSA) is 82.1 Å². The van der Waals surface area contributed by atoms with Crippen LogP contribution >= 0.6 is 0 Å². The first kappa shape index (κ1) is 22.9. The van der Waals surface area contributed by atoms with Crippen LogP contribution in [-0.2, 0) is 43.6 Å². The maximum absolute atomic E-state index is 12.3. The molecule has 0 aliphatic rings. The van der Waals surface area contributed by atoms with E-state index in [4.69, 9.17) is 13.8 Å². The van der Waals surface area contributed by atoms with Crippen LogP contribution < -0.4 is 0 Å². The van der Waals surface area contributed by atoms with Crippen LogP contribution in [0.4, 0.5) is 4.79 Å². The van der Waals surface area contributed by atoms with Crippen molar-refractivity contribution in [2.75, 3.05) is 6.26 Å². The van der Waals surface area contributed by atoms with Crippen LogP contribution in [0.3, 0.4) is 0 Å². The van der Waals surface area contributed by atoms with Crippen molar-refractivity contribution >= 4 is 16.2 Å². The number of amides is 1. The molecule has 0 aliphatic heterocycles. The van der Waals surface area contributed by atoms with Crippen molar-refractivity contribution in [3.63, 3.8) is 0 Å². The standard InChI is InChI=1S/C21H27NO6S/c1-21(2,3)27-20(23)22(28-29(4,24)25)14-17-10-12-19(13-11-17)16-26-15-18-8-6-5-7-9-18/h5-13H,14-16H2,1-4H3. The Hall–Kier alpha value is -2.42. The average Bonchev–Trinajstić information content (AvgIpc) is 2.61. The lowest BCUT2D eigenvalue weighted by Gasteiger charge is -2.25. The van der Waals surface area contributed by atoms with Gasteiger partial charge in [0.1, 0.15) is 5.60 Å². The summed E-state index contributed by atoms with van der Waals surface area (Å²) >= 11 is 0. The van der Waals surface area contributed by atoms with Crippen molar-refractivity contribution in [3.8, 4) is 0 Å². The summed E-state index contributed by atoms with van der Waals surface area (Å²) in [6.07, 6.45) is -0.00411. The summed E-state index contributed by atoms with van der Waals surface area (Å²) in [5.74, 6) is 0. The van der Waals surface area contributed by atoms with E-state index in [1.165, 1.54) is 0 Å². The molecule has 0 aromatic heterocycles. The smallest absolute Gasteiger partial charge is 0.435 e. The van der Waals surface area contributed by atoms with Gasteiger partial charge in [0.25, 0.3) is 10.1 Å². The van der Waals surface area contributed by atoms with Crippen LogP contribution in [0.5, 0.6) is 0 Å². The number of hydrogen-bond donors (Lipinski definition) is 0. The number of rotatable bonds is 8. The minimum atomic E-state index is -3.89. The number of hydrogen-bond acceptors (Lipinski definition) is 6. The lowest BCUT2D eigenvalue weighted by molar-refractivity contribution is -0.0733. The Bertz CT molecular complexity index is 889. The molecule has 0 heterocycles. The number of nitrogens with zero attached hydrogens (tertiary/aromatic N) is 1. The van der Waals surface area contributed by atoms with Crippen LogP contribution in [-0.4, -0.2) is 31.4 Å². The van der Waals surface area contributed by atoms with Crippen molar-refractivity contribution in [1.82, 2.24) is 5.06 Å². The molecule has 29 heavy (non-hydrogen) atoms. The second-order valence-electron chi connectivity index (χ2n) is 7.59. The van der Waals surface area contributed by atoms with E-state index in [1.807, 2.05) is 42.5 Å². The number of benzene rings is 2. The fraction of sp³-hybridized carbons (Fsp3) is 0.381. The Balaban J connectivity index is 1.97. The summed E-state index contributed by atoms with van der Waals surface area (Å²) in [6, 6.07) is 17.1. The van der Waals surface area contributed by atoms with E-state index in [0.717, 1.165) is 17.4 Å². The quantitative estimate of drug-likeness (QED) is 0.599. The van der Waals surface area contributed by atoms with E-state index >= 15 is 0 Å². The normalized spacial score (nSPS) is 11.9. The fourth-order valence-corrected chi connectivity index (χ4v) is 2.81. The number of ether oxygens (including phenoxy) is 2. The van der Waals surface area contributed by atoms with Gasteiger partial charge in [0, 0.05) is 0 Å². The second kappa shape index (κ2) is 9.87. The molecule has 2 aromatic rings. The van der Waals surface area contributed by atoms with Crippen molar-refractivity contribution in [1.29, 1.82) is 0 Å². The summed E-state index contributed by atoms with van der Waals surface area (Å²) in [4.78, 5) is 12.3. The largest absolute Gasteiger partial charge is 0.442 e. The van der Waals surface area contributed by atoms with Gasteiger partial charge >= 0.3 is 6.09 Å². The molecule has 2 rings (SSSR count). The fourth-order valence-electron chi connectivity index (χ4n) is 2.37. The highest BCUT2D eigenvalue weighted by Gasteiger charge is 2.26. The highest BCUT2D eigenvalue weighted by atomic mass is 32.2. The maximum atomic E-state index is 12.3. The molecule has 0 saturated carbocycles. The van der Waals surface area contributed by atoms with Crippen molar-refractivity contribution in [3.05, 3.63) is 71.3 Å². The van der Waals surface area contributed by atoms with E-state index in [0.29, 0.717) is 23.8 Å². The van der Waals surface area contributed by atoms with Crippen LogP contribution in [0.2, 0.25) is 0 Å². The lowest BCUT2D eigenvalue weighted by atomic mass is 10.1. The van der Waals surface area contributed by atoms with Gasteiger partial charge in [0.15, 0.2) is 0 Å². The van der Waals surface area contributed by atoms with Gasteiger partial charge in [-0.25, -0.2) is 4.79 Å². The summed E-state index contributed by atoms with van der Waals surface area (Å²) in [5, 5.41) is 0.696. The van der Waals surface area contributed by atoms with Gasteiger partial charge in [-0.1, -0.05) is 54.6 Å². The molecular formula is C21H27NO6S. The lowest BCUT2D eigenvalue weighted by Crippen LogP contribution is -2.37. The van der Waals surface area contributed by atoms with Crippen LogP contribution in [0, 0.1) is 0 Å². The van der Waals surface area contributed by atoms with Crippen LogP contribution in [0.25, 0.3) is 0 Å². The zero-order valence-corrected chi connectivity index (χ0v) is 17.9. The molecule has 0 aliphatic carbocycles. The Kier molecular flexibility index (Phi) is 7.78. The van der Waals surface area contributed by atoms with E-state index in [-0.39, 0.29) is 6.54 Å². The SMILES string of the molecule is CC(C)(C)OC(=O)N(Cc1ccc(COCc2ccccc2)cc1)OS(C)(=O)=O. The first-order chi connectivity index (χ1) is 13.5. The Morgan fingerprint density at radius 3 is 1.93 bits per heavy atom. The minimum Gasteiger partial charge on any atom is -0.442 e. The number of carbonyl (C=O) groups excluding carboxylic acids is 1. The average molecular weight is 422 g/mol. The van der Waals surface area contributed by atoms with Crippen molar-refractivity contribution in [2.24, 2.45) is 0 Å². The van der Waals surface area contributed by atoms with Gasteiger partial charge in [-0.2, -0.15) is 13.5 Å². The third-order valence-corrected chi connectivity index (χ3v) is 4.00. The van der Waals surface area contributed by atoms with Gasteiger partial charge in [-0.3, -0.25) is 0 Å². The molecule has 0 fully saturated rings. The Morgan fingerprint density at radius 2 is 1.41 bits per heavy atom. The first-order valence-corrected chi connectivity index (χ1v) is 10.9. The third-order valence-electron chi connectivity index (χ3n) is 3.55. The zero-order chi connectivity index (χ0) is 21.5. The molecule has 0 saturated heterocycles. The Morgan fingerprint density at radius 1 is 0.897 bits per heavy atom. The van der Waals surface area contributed by atoms with Gasteiger partial charge in [-0.05, 0) is 37.5 Å². The van der Waals surface area contributed by atoms with Crippen molar-refractivity contribution < 1.29 is 27.0 Å². The molecule has 0 bridgehead atoms. The molecule has 0 spiro atoms. The third kappa shape index (κ3) is 9.08. The molecule has 0 radical (unpaired) electrons. The van der Waals surface area contributed by atoms with Gasteiger partial charge in [0.05, 0.1) is 26.0 Å². The Labute approximate surface area is 172 Å². The first-order valence-electron chi connectivity index (χ1n) is 9.11. The van der Waals surface area contributed by atoms with Crippen molar-refractivity contribution in [2.45, 2.75) is 46.1 Å². The number of hydroxylamine groups is 2. The van der Waals surface area contributed by atoms with E-state index in [1.54, 1.807) is 32.9 Å². The maximum Gasteiger partial charge on any atom is 0.435 e. The monoisotopic (exact) mass is 421 g/mol. The molecule has 0 unspecified atom stereocenters. The molecular weight excluding hydrogens is 394 g/mol. The molecule has 7 nitrogen and oxygen atoms in total. The molecule has 1 amide bonds. The highest BCUT2D eigenvalue weighted by Crippen LogP contribution is 2.15. The van der Waals surface area contributed by atoms with E-state index in [2.05, 4.69) is 0 Å². The molecule has 2 aromatic carbocycles. The second-order valence-corrected chi connectivity index (χ2v) is 9.15. The highest BCUT2D eigenvalue weighted by molar-refractivity contribution is 7.85. The number of carbonyl (C=O) groups is 1. The summed E-state index contributed by atoms with van der Waals surface area (Å²) in [5.41, 5.74) is 1.95. The van der Waals surface area contributed by atoms with Gasteiger partial charge in [0.2, 0.25) is 0 Å². The molecule has 0 N–H and O–H groups in total.